The van der Waals surface area contributed by atoms with Crippen molar-refractivity contribution < 1.29 is 19.4 Å². The Morgan fingerprint density at radius 2 is 2.25 bits per heavy atom. The molecule has 5 nitrogen and oxygen atoms in total. The number of hydrogen-bond donors (Lipinski definition) is 3. The first-order valence-electron chi connectivity index (χ1n) is 5.29. The molecule has 0 fully saturated rings. The summed E-state index contributed by atoms with van der Waals surface area (Å²) in [5.41, 5.74) is 0. The second kappa shape index (κ2) is 5.67. The molecule has 5 heteroatoms. The molecule has 0 bridgehead atoms. The summed E-state index contributed by atoms with van der Waals surface area (Å²) in [6.07, 6.45) is 0.287. The van der Waals surface area contributed by atoms with Gasteiger partial charge in [0.2, 0.25) is 5.76 Å². The van der Waals surface area contributed by atoms with Gasteiger partial charge in [0.25, 0.3) is 0 Å². The van der Waals surface area contributed by atoms with Crippen molar-refractivity contribution in [3.63, 3.8) is 0 Å². The molecule has 2 atom stereocenters. The second-order valence-corrected chi connectivity index (χ2v) is 3.70. The molecule has 0 aliphatic carbocycles. The van der Waals surface area contributed by atoms with Gasteiger partial charge in [-0.1, -0.05) is 6.92 Å². The minimum atomic E-state index is -1.08. The van der Waals surface area contributed by atoms with Crippen LogP contribution in [0.1, 0.15) is 42.6 Å². The van der Waals surface area contributed by atoms with Crippen LogP contribution < -0.4 is 5.32 Å². The van der Waals surface area contributed by atoms with Gasteiger partial charge in [0.1, 0.15) is 5.76 Å². The van der Waals surface area contributed by atoms with Gasteiger partial charge in [0.15, 0.2) is 0 Å². The highest BCUT2D eigenvalue weighted by atomic mass is 16.4. The Morgan fingerprint density at radius 1 is 1.56 bits per heavy atom. The van der Waals surface area contributed by atoms with E-state index >= 15 is 0 Å². The predicted molar refractivity (Wildman–Crippen MR) is 58.4 cm³/mol. The monoisotopic (exact) mass is 227 g/mol. The van der Waals surface area contributed by atoms with Gasteiger partial charge in [-0.15, -0.1) is 0 Å². The summed E-state index contributed by atoms with van der Waals surface area (Å²) in [5.74, 6) is -0.590. The van der Waals surface area contributed by atoms with Crippen LogP contribution in [-0.2, 0) is 0 Å². The first kappa shape index (κ1) is 12.7. The van der Waals surface area contributed by atoms with E-state index in [1.54, 1.807) is 6.07 Å². The van der Waals surface area contributed by atoms with Crippen molar-refractivity contribution in [2.75, 3.05) is 6.54 Å². The number of furan rings is 1. The van der Waals surface area contributed by atoms with Crippen LogP contribution in [0, 0.1) is 0 Å². The normalized spacial score (nSPS) is 14.7. The number of carbonyl (C=O) groups is 1. The molecule has 0 saturated heterocycles. The molecule has 1 aromatic heterocycles. The average molecular weight is 227 g/mol. The number of rotatable bonds is 6. The lowest BCUT2D eigenvalue weighted by Crippen LogP contribution is -2.28. The van der Waals surface area contributed by atoms with Crippen LogP contribution >= 0.6 is 0 Å². The van der Waals surface area contributed by atoms with E-state index in [1.165, 1.54) is 6.07 Å². The molecule has 0 spiro atoms. The van der Waals surface area contributed by atoms with Gasteiger partial charge in [-0.05, 0) is 25.5 Å². The number of carboxylic acids is 1. The number of aliphatic hydroxyl groups is 1. The van der Waals surface area contributed by atoms with Gasteiger partial charge in [0, 0.05) is 6.54 Å². The summed E-state index contributed by atoms with van der Waals surface area (Å²) in [7, 11) is 0. The Bertz CT molecular complexity index is 348. The molecule has 1 aromatic rings. The first-order valence-corrected chi connectivity index (χ1v) is 5.29. The quantitative estimate of drug-likeness (QED) is 0.684. The number of hydrogen-bond acceptors (Lipinski definition) is 4. The van der Waals surface area contributed by atoms with E-state index in [9.17, 15) is 9.90 Å². The maximum Gasteiger partial charge on any atom is 0.371 e. The van der Waals surface area contributed by atoms with Crippen molar-refractivity contribution in [1.82, 2.24) is 5.32 Å². The average Bonchev–Trinajstić information content (AvgIpc) is 2.74. The molecule has 0 aliphatic heterocycles. The largest absolute Gasteiger partial charge is 0.475 e. The summed E-state index contributed by atoms with van der Waals surface area (Å²) >= 11 is 0. The highest BCUT2D eigenvalue weighted by molar-refractivity contribution is 5.84. The van der Waals surface area contributed by atoms with Crippen LogP contribution in [0.5, 0.6) is 0 Å². The van der Waals surface area contributed by atoms with Crippen LogP contribution in [0.25, 0.3) is 0 Å². The zero-order valence-corrected chi connectivity index (χ0v) is 9.43. The molecule has 0 amide bonds. The fourth-order valence-electron chi connectivity index (χ4n) is 1.26. The third-order valence-corrected chi connectivity index (χ3v) is 2.40. The zero-order chi connectivity index (χ0) is 12.1. The molecule has 0 radical (unpaired) electrons. The lowest BCUT2D eigenvalue weighted by atomic mass is 10.2. The molecular formula is C11H17NO4. The van der Waals surface area contributed by atoms with Crippen molar-refractivity contribution in [2.45, 2.75) is 32.4 Å². The Kier molecular flexibility index (Phi) is 4.52. The molecule has 1 heterocycles. The molecule has 3 N–H and O–H groups in total. The molecule has 0 aromatic carbocycles. The van der Waals surface area contributed by atoms with Gasteiger partial charge in [-0.3, -0.25) is 0 Å². The molecule has 2 unspecified atom stereocenters. The Morgan fingerprint density at radius 3 is 2.75 bits per heavy atom. The first-order chi connectivity index (χ1) is 7.54. The molecular weight excluding hydrogens is 210 g/mol. The van der Waals surface area contributed by atoms with Gasteiger partial charge >= 0.3 is 5.97 Å². The third kappa shape index (κ3) is 3.36. The molecule has 0 aliphatic rings. The molecule has 16 heavy (non-hydrogen) atoms. The maximum absolute atomic E-state index is 10.6. The van der Waals surface area contributed by atoms with Crippen LogP contribution in [0.2, 0.25) is 0 Å². The van der Waals surface area contributed by atoms with E-state index in [0.29, 0.717) is 18.7 Å². The number of nitrogens with one attached hydrogen (secondary N) is 1. The Hall–Kier alpha value is -1.33. The van der Waals surface area contributed by atoms with E-state index in [-0.39, 0.29) is 11.8 Å². The minimum absolute atomic E-state index is 0.0697. The van der Waals surface area contributed by atoms with Crippen molar-refractivity contribution in [1.29, 1.82) is 0 Å². The van der Waals surface area contributed by atoms with Crippen molar-refractivity contribution in [3.05, 3.63) is 23.7 Å². The van der Waals surface area contributed by atoms with Crippen LogP contribution in [0.4, 0.5) is 0 Å². The van der Waals surface area contributed by atoms with Crippen molar-refractivity contribution in [3.8, 4) is 0 Å². The lowest BCUT2D eigenvalue weighted by Gasteiger charge is -2.14. The van der Waals surface area contributed by atoms with Gasteiger partial charge < -0.3 is 19.9 Å². The standard InChI is InChI=1S/C11H17NO4/c1-3-8(13)6-12-7(2)9-4-5-10(16-9)11(14)15/h4-5,7-8,12-13H,3,6H2,1-2H3,(H,14,15). The lowest BCUT2D eigenvalue weighted by molar-refractivity contribution is 0.0659. The van der Waals surface area contributed by atoms with Crippen molar-refractivity contribution in [2.24, 2.45) is 0 Å². The summed E-state index contributed by atoms with van der Waals surface area (Å²) in [6.45, 7) is 4.21. The second-order valence-electron chi connectivity index (χ2n) is 3.70. The number of carboxylic acid groups (broad SMARTS) is 1. The van der Waals surface area contributed by atoms with E-state index in [0.717, 1.165) is 0 Å². The van der Waals surface area contributed by atoms with Gasteiger partial charge in [0.05, 0.1) is 12.1 Å². The summed E-state index contributed by atoms with van der Waals surface area (Å²) in [6, 6.07) is 2.93. The van der Waals surface area contributed by atoms with E-state index in [4.69, 9.17) is 9.52 Å². The van der Waals surface area contributed by atoms with Crippen molar-refractivity contribution >= 4 is 5.97 Å². The number of aliphatic hydroxyl groups excluding tert-OH is 1. The Labute approximate surface area is 94.1 Å². The fraction of sp³-hybridized carbons (Fsp3) is 0.545. The highest BCUT2D eigenvalue weighted by Crippen LogP contribution is 2.16. The highest BCUT2D eigenvalue weighted by Gasteiger charge is 2.14. The number of aromatic carboxylic acids is 1. The summed E-state index contributed by atoms with van der Waals surface area (Å²) in [5, 5.41) is 21.1. The zero-order valence-electron chi connectivity index (χ0n) is 9.43. The van der Waals surface area contributed by atoms with E-state index in [1.807, 2.05) is 13.8 Å². The topological polar surface area (TPSA) is 82.7 Å². The smallest absolute Gasteiger partial charge is 0.371 e. The Balaban J connectivity index is 2.52. The van der Waals surface area contributed by atoms with E-state index < -0.39 is 12.1 Å². The van der Waals surface area contributed by atoms with Crippen LogP contribution in [0.3, 0.4) is 0 Å². The van der Waals surface area contributed by atoms with Crippen LogP contribution in [0.15, 0.2) is 16.5 Å². The van der Waals surface area contributed by atoms with Gasteiger partial charge in [-0.2, -0.15) is 0 Å². The van der Waals surface area contributed by atoms with Gasteiger partial charge in [-0.25, -0.2) is 4.79 Å². The van der Waals surface area contributed by atoms with E-state index in [2.05, 4.69) is 5.32 Å². The summed E-state index contributed by atoms with van der Waals surface area (Å²) < 4.78 is 5.13. The third-order valence-electron chi connectivity index (χ3n) is 2.40. The SMILES string of the molecule is CCC(O)CNC(C)c1ccc(C(=O)O)o1. The molecule has 1 rings (SSSR count). The van der Waals surface area contributed by atoms with Crippen LogP contribution in [-0.4, -0.2) is 28.8 Å². The molecule has 90 valence electrons. The predicted octanol–water partition coefficient (Wildman–Crippen LogP) is 1.40. The molecule has 0 saturated carbocycles. The maximum atomic E-state index is 10.6. The minimum Gasteiger partial charge on any atom is -0.475 e. The summed E-state index contributed by atoms with van der Waals surface area (Å²) in [4.78, 5) is 10.6. The fourth-order valence-corrected chi connectivity index (χ4v) is 1.26.